The summed E-state index contributed by atoms with van der Waals surface area (Å²) in [6, 6.07) is 4.10. The van der Waals surface area contributed by atoms with Crippen LogP contribution in [-0.4, -0.2) is 74.3 Å². The summed E-state index contributed by atoms with van der Waals surface area (Å²) >= 11 is 0. The molecule has 33 heavy (non-hydrogen) atoms. The van der Waals surface area contributed by atoms with Gasteiger partial charge in [0.1, 0.15) is 22.9 Å². The predicted molar refractivity (Wildman–Crippen MR) is 118 cm³/mol. The number of carbonyl (C=O) groups excluding carboxylic acids is 2. The molecule has 2 fully saturated rings. The van der Waals surface area contributed by atoms with Crippen LogP contribution < -0.4 is 4.74 Å². The quantitative estimate of drug-likeness (QED) is 0.551. The van der Waals surface area contributed by atoms with E-state index in [1.807, 2.05) is 28.0 Å². The van der Waals surface area contributed by atoms with E-state index in [1.54, 1.807) is 22.7 Å². The Morgan fingerprint density at radius 2 is 2.00 bits per heavy atom. The molecule has 5 heterocycles. The highest BCUT2D eigenvalue weighted by Crippen LogP contribution is 2.31. The van der Waals surface area contributed by atoms with Crippen molar-refractivity contribution in [2.75, 3.05) is 33.3 Å². The zero-order valence-corrected chi connectivity index (χ0v) is 18.2. The lowest BCUT2D eigenvalue weighted by atomic mass is 10.0. The molecule has 10 nitrogen and oxygen atoms in total. The van der Waals surface area contributed by atoms with Gasteiger partial charge in [-0.15, -0.1) is 0 Å². The van der Waals surface area contributed by atoms with Gasteiger partial charge in [0.15, 0.2) is 0 Å². The van der Waals surface area contributed by atoms with Crippen LogP contribution >= 0.6 is 0 Å². The first-order chi connectivity index (χ1) is 16.0. The van der Waals surface area contributed by atoms with Crippen molar-refractivity contribution in [3.05, 3.63) is 49.1 Å². The summed E-state index contributed by atoms with van der Waals surface area (Å²) in [5, 5.41) is 18.0. The van der Waals surface area contributed by atoms with Gasteiger partial charge in [-0.2, -0.15) is 15.5 Å². The van der Waals surface area contributed by atoms with Crippen molar-refractivity contribution in [1.29, 1.82) is 5.26 Å². The first-order valence-corrected chi connectivity index (χ1v) is 10.7. The molecule has 0 radical (unpaired) electrons. The highest BCUT2D eigenvalue weighted by molar-refractivity contribution is 5.88. The van der Waals surface area contributed by atoms with E-state index in [9.17, 15) is 14.9 Å². The van der Waals surface area contributed by atoms with Crippen LogP contribution in [0, 0.1) is 17.2 Å². The van der Waals surface area contributed by atoms with E-state index in [2.05, 4.69) is 22.8 Å². The molecule has 2 saturated heterocycles. The molecule has 0 N–H and O–H groups in total. The van der Waals surface area contributed by atoms with E-state index in [-0.39, 0.29) is 23.8 Å². The molecule has 5 rings (SSSR count). The Labute approximate surface area is 190 Å². The third-order valence-electron chi connectivity index (χ3n) is 6.42. The summed E-state index contributed by atoms with van der Waals surface area (Å²) in [5.41, 5.74) is 2.84. The zero-order valence-electron chi connectivity index (χ0n) is 18.2. The first kappa shape index (κ1) is 20.8. The van der Waals surface area contributed by atoms with Gasteiger partial charge >= 0.3 is 0 Å². The smallest absolute Gasteiger partial charge is 0.245 e. The van der Waals surface area contributed by atoms with E-state index in [4.69, 9.17) is 4.74 Å². The largest absolute Gasteiger partial charge is 0.494 e. The maximum atomic E-state index is 12.8. The average molecular weight is 445 g/mol. The second-order valence-electron chi connectivity index (χ2n) is 8.34. The van der Waals surface area contributed by atoms with Crippen LogP contribution in [0.1, 0.15) is 18.0 Å². The van der Waals surface area contributed by atoms with Gasteiger partial charge in [0.25, 0.3) is 0 Å². The lowest BCUT2D eigenvalue weighted by molar-refractivity contribution is -0.141. The van der Waals surface area contributed by atoms with Crippen molar-refractivity contribution in [3.8, 4) is 22.9 Å². The molecule has 2 aliphatic heterocycles. The van der Waals surface area contributed by atoms with Gasteiger partial charge in [0.2, 0.25) is 11.8 Å². The molecule has 0 bridgehead atoms. The molecule has 0 aromatic carbocycles. The number of hydrogen-bond acceptors (Lipinski definition) is 6. The lowest BCUT2D eigenvalue weighted by Gasteiger charge is -2.40. The predicted octanol–water partition coefficient (Wildman–Crippen LogP) is 1.50. The number of hydrogen-bond donors (Lipinski definition) is 0. The Morgan fingerprint density at radius 3 is 2.73 bits per heavy atom. The van der Waals surface area contributed by atoms with Crippen molar-refractivity contribution in [2.24, 2.45) is 5.92 Å². The zero-order chi connectivity index (χ0) is 23.1. The Balaban J connectivity index is 1.26. The topological polar surface area (TPSA) is 109 Å². The fourth-order valence-corrected chi connectivity index (χ4v) is 4.52. The first-order valence-electron chi connectivity index (χ1n) is 10.7. The number of aromatic nitrogens is 4. The van der Waals surface area contributed by atoms with Crippen LogP contribution in [0.4, 0.5) is 0 Å². The minimum Gasteiger partial charge on any atom is -0.494 e. The van der Waals surface area contributed by atoms with Crippen LogP contribution in [-0.2, 0) is 9.59 Å². The molecule has 3 aromatic rings. The highest BCUT2D eigenvalue weighted by atomic mass is 16.5. The molecule has 0 unspecified atom stereocenters. The lowest BCUT2D eigenvalue weighted by Crippen LogP contribution is -2.53. The molecule has 0 spiro atoms. The van der Waals surface area contributed by atoms with Gasteiger partial charge in [0, 0.05) is 49.7 Å². The van der Waals surface area contributed by atoms with Crippen molar-refractivity contribution in [3.63, 3.8) is 0 Å². The summed E-state index contributed by atoms with van der Waals surface area (Å²) in [6.07, 6.45) is 9.06. The van der Waals surface area contributed by atoms with Crippen LogP contribution in [0.2, 0.25) is 0 Å². The number of nitriles is 1. The van der Waals surface area contributed by atoms with E-state index >= 15 is 0 Å². The molecular formula is C23H23N7O3. The third-order valence-corrected chi connectivity index (χ3v) is 6.42. The molecule has 2 aliphatic rings. The van der Waals surface area contributed by atoms with Crippen LogP contribution in [0.3, 0.4) is 0 Å². The maximum absolute atomic E-state index is 12.8. The molecule has 168 valence electrons. The standard InChI is InChI=1S/C23H23N7O3/c1-3-21(31)27-5-4-15(10-27)23(32)28-13-19(14-28)29-12-18(9-25-29)16-6-20(33-2)22-17(7-24)8-26-30(22)11-16/h3,6,8-9,11-12,15,19H,1,4-5,10,13-14H2,2H3/t15-/m0/s1. The Bertz CT molecular complexity index is 1300. The maximum Gasteiger partial charge on any atom is 0.245 e. The van der Waals surface area contributed by atoms with Crippen LogP contribution in [0.15, 0.2) is 43.5 Å². The highest BCUT2D eigenvalue weighted by Gasteiger charge is 2.39. The molecule has 0 aliphatic carbocycles. The monoisotopic (exact) mass is 445 g/mol. The molecule has 10 heteroatoms. The normalized spacial score (nSPS) is 18.2. The number of pyridine rings is 1. The van der Waals surface area contributed by atoms with Gasteiger partial charge < -0.3 is 14.5 Å². The van der Waals surface area contributed by atoms with Gasteiger partial charge in [-0.1, -0.05) is 6.58 Å². The number of amides is 2. The fraction of sp³-hybridized carbons (Fsp3) is 0.348. The SMILES string of the molecule is C=CC(=O)N1CC[C@H](C(=O)N2CC(n3cc(-c4cc(OC)c5c(C#N)cnn5c4)cn3)C2)C1. The van der Waals surface area contributed by atoms with Gasteiger partial charge in [-0.3, -0.25) is 14.3 Å². The molecule has 0 saturated carbocycles. The molecule has 3 aromatic heterocycles. The van der Waals surface area contributed by atoms with Gasteiger partial charge in [-0.25, -0.2) is 4.52 Å². The number of ether oxygens (including phenoxy) is 1. The molecular weight excluding hydrogens is 422 g/mol. The van der Waals surface area contributed by atoms with Crippen molar-refractivity contribution < 1.29 is 14.3 Å². The minimum absolute atomic E-state index is 0.0974. The second kappa shape index (κ2) is 8.09. The van der Waals surface area contributed by atoms with Crippen molar-refractivity contribution in [2.45, 2.75) is 12.5 Å². The number of carbonyl (C=O) groups is 2. The van der Waals surface area contributed by atoms with E-state index in [1.165, 1.54) is 12.3 Å². The number of rotatable bonds is 5. The van der Waals surface area contributed by atoms with Gasteiger partial charge in [0.05, 0.1) is 31.5 Å². The average Bonchev–Trinajstić information content (AvgIpc) is 3.56. The Morgan fingerprint density at radius 1 is 1.18 bits per heavy atom. The summed E-state index contributed by atoms with van der Waals surface area (Å²) in [7, 11) is 1.56. The Kier molecular flexibility index (Phi) is 5.09. The summed E-state index contributed by atoms with van der Waals surface area (Å²) in [5.74, 6) is 0.398. The number of likely N-dealkylation sites (tertiary alicyclic amines) is 2. The van der Waals surface area contributed by atoms with E-state index in [0.717, 1.165) is 11.1 Å². The second-order valence-corrected chi connectivity index (χ2v) is 8.34. The number of nitrogens with zero attached hydrogens (tertiary/aromatic N) is 7. The van der Waals surface area contributed by atoms with Crippen molar-refractivity contribution >= 4 is 17.3 Å². The van der Waals surface area contributed by atoms with Crippen LogP contribution in [0.25, 0.3) is 16.6 Å². The van der Waals surface area contributed by atoms with Gasteiger partial charge in [-0.05, 0) is 18.6 Å². The van der Waals surface area contributed by atoms with E-state index < -0.39 is 0 Å². The molecule has 1 atom stereocenters. The number of methoxy groups -OCH3 is 1. The summed E-state index contributed by atoms with van der Waals surface area (Å²) in [6.45, 7) is 5.76. The fourth-order valence-electron chi connectivity index (χ4n) is 4.52. The Hall–Kier alpha value is -4.13. The summed E-state index contributed by atoms with van der Waals surface area (Å²) < 4.78 is 8.99. The van der Waals surface area contributed by atoms with Crippen molar-refractivity contribution in [1.82, 2.24) is 29.2 Å². The minimum atomic E-state index is -0.144. The third kappa shape index (κ3) is 3.51. The van der Waals surface area contributed by atoms with E-state index in [0.29, 0.717) is 49.4 Å². The molecule has 2 amide bonds. The van der Waals surface area contributed by atoms with Crippen LogP contribution in [0.5, 0.6) is 5.75 Å². The number of fused-ring (bicyclic) bond motifs is 1. The summed E-state index contributed by atoms with van der Waals surface area (Å²) in [4.78, 5) is 28.1.